The Morgan fingerprint density at radius 1 is 1.22 bits per heavy atom. The van der Waals surface area contributed by atoms with Gasteiger partial charge in [0.2, 0.25) is 0 Å². The fourth-order valence-electron chi connectivity index (χ4n) is 1.48. The van der Waals surface area contributed by atoms with Crippen molar-refractivity contribution in [1.29, 1.82) is 0 Å². The highest BCUT2D eigenvalue weighted by molar-refractivity contribution is 7.92. The van der Waals surface area contributed by atoms with Crippen molar-refractivity contribution in [2.45, 2.75) is 18.0 Å². The van der Waals surface area contributed by atoms with Gasteiger partial charge in [-0.3, -0.25) is 0 Å². The first kappa shape index (κ1) is 12.8. The molecule has 7 heteroatoms. The minimum Gasteiger partial charge on any atom is -0.221 e. The van der Waals surface area contributed by atoms with E-state index in [2.05, 4.69) is 8.76 Å². The standard InChI is InChI=1S/C11H9F3N2OS/c1-8-4-2-3-5-9(8)18(17)15-7-6-10(16-18)11(12,13)14/h2-7H,1H3. The quantitative estimate of drug-likeness (QED) is 0.775. The van der Waals surface area contributed by atoms with Gasteiger partial charge in [0.25, 0.3) is 0 Å². The van der Waals surface area contributed by atoms with Crippen LogP contribution in [0.15, 0.2) is 50.2 Å². The molecule has 0 amide bonds. The maximum Gasteiger partial charge on any atom is 0.434 e. The van der Waals surface area contributed by atoms with Crippen LogP contribution in [0.25, 0.3) is 0 Å². The molecule has 0 radical (unpaired) electrons. The first-order chi connectivity index (χ1) is 8.33. The molecule has 1 aromatic rings. The van der Waals surface area contributed by atoms with Gasteiger partial charge < -0.3 is 0 Å². The summed E-state index contributed by atoms with van der Waals surface area (Å²) in [7, 11) is -3.43. The maximum absolute atomic E-state index is 12.6. The van der Waals surface area contributed by atoms with Crippen molar-refractivity contribution in [3.05, 3.63) is 42.1 Å². The minimum absolute atomic E-state index is 0.205. The lowest BCUT2D eigenvalue weighted by atomic mass is 10.2. The summed E-state index contributed by atoms with van der Waals surface area (Å²) in [6.45, 7) is 1.65. The monoisotopic (exact) mass is 274 g/mol. The number of alkyl halides is 3. The number of halogens is 3. The summed E-state index contributed by atoms with van der Waals surface area (Å²) in [6, 6.07) is 6.41. The lowest BCUT2D eigenvalue weighted by molar-refractivity contribution is -0.0575. The van der Waals surface area contributed by atoms with E-state index in [0.717, 1.165) is 6.20 Å². The first-order valence-electron chi connectivity index (χ1n) is 4.98. The molecule has 18 heavy (non-hydrogen) atoms. The Kier molecular flexibility index (Phi) is 3.02. The molecule has 0 aliphatic carbocycles. The summed E-state index contributed by atoms with van der Waals surface area (Å²) in [4.78, 5) is 0.205. The van der Waals surface area contributed by atoms with Crippen LogP contribution in [0, 0.1) is 6.92 Å². The second kappa shape index (κ2) is 4.24. The molecule has 96 valence electrons. The summed E-state index contributed by atoms with van der Waals surface area (Å²) in [5, 5.41) is 0. The summed E-state index contributed by atoms with van der Waals surface area (Å²) in [5.74, 6) is 0. The van der Waals surface area contributed by atoms with Crippen molar-refractivity contribution >= 4 is 15.6 Å². The van der Waals surface area contributed by atoms with E-state index in [0.29, 0.717) is 11.6 Å². The Labute approximate surface area is 102 Å². The lowest BCUT2D eigenvalue weighted by Gasteiger charge is -2.13. The van der Waals surface area contributed by atoms with Crippen LogP contribution in [-0.2, 0) is 9.92 Å². The topological polar surface area (TPSA) is 41.8 Å². The van der Waals surface area contributed by atoms with Gasteiger partial charge in [-0.2, -0.15) is 21.9 Å². The van der Waals surface area contributed by atoms with Gasteiger partial charge in [-0.1, -0.05) is 18.2 Å². The van der Waals surface area contributed by atoms with Gasteiger partial charge in [0.1, 0.15) is 0 Å². The van der Waals surface area contributed by atoms with Crippen molar-refractivity contribution < 1.29 is 17.4 Å². The Balaban J connectivity index is 2.62. The van der Waals surface area contributed by atoms with Crippen LogP contribution in [0.4, 0.5) is 13.2 Å². The van der Waals surface area contributed by atoms with E-state index in [1.54, 1.807) is 25.1 Å². The van der Waals surface area contributed by atoms with E-state index in [9.17, 15) is 17.4 Å². The highest BCUT2D eigenvalue weighted by atomic mass is 32.2. The molecule has 0 bridgehead atoms. The molecule has 3 nitrogen and oxygen atoms in total. The molecule has 1 atom stereocenters. The van der Waals surface area contributed by atoms with Gasteiger partial charge in [0.15, 0.2) is 15.6 Å². The van der Waals surface area contributed by atoms with E-state index in [-0.39, 0.29) is 4.90 Å². The van der Waals surface area contributed by atoms with Crippen LogP contribution >= 0.6 is 0 Å². The molecule has 0 aromatic heterocycles. The summed E-state index contributed by atoms with van der Waals surface area (Å²) < 4.78 is 56.9. The fraction of sp³-hybridized carbons (Fsp3) is 0.182. The molecule has 2 rings (SSSR count). The van der Waals surface area contributed by atoms with Gasteiger partial charge in [-0.05, 0) is 24.6 Å². The third-order valence-corrected chi connectivity index (χ3v) is 4.21. The van der Waals surface area contributed by atoms with Gasteiger partial charge in [0, 0.05) is 6.20 Å². The number of hydrogen-bond acceptors (Lipinski definition) is 2. The first-order valence-corrected chi connectivity index (χ1v) is 6.46. The summed E-state index contributed by atoms with van der Waals surface area (Å²) in [5.41, 5.74) is -0.586. The molecular formula is C11H9F3N2OS. The van der Waals surface area contributed by atoms with Crippen molar-refractivity contribution in [3.63, 3.8) is 0 Å². The van der Waals surface area contributed by atoms with Crippen LogP contribution in [0.5, 0.6) is 0 Å². The molecule has 1 aromatic carbocycles. The molecule has 0 spiro atoms. The van der Waals surface area contributed by atoms with E-state index in [1.807, 2.05) is 0 Å². The Morgan fingerprint density at radius 3 is 2.50 bits per heavy atom. The average Bonchev–Trinajstić information content (AvgIpc) is 2.28. The third kappa shape index (κ3) is 2.31. The van der Waals surface area contributed by atoms with Crippen LogP contribution in [0.2, 0.25) is 0 Å². The average molecular weight is 274 g/mol. The number of nitrogens with zero attached hydrogens (tertiary/aromatic N) is 2. The van der Waals surface area contributed by atoms with E-state index >= 15 is 0 Å². The highest BCUT2D eigenvalue weighted by Gasteiger charge is 2.36. The number of benzene rings is 1. The van der Waals surface area contributed by atoms with Crippen LogP contribution in [-0.4, -0.2) is 16.1 Å². The predicted molar refractivity (Wildman–Crippen MR) is 62.6 cm³/mol. The zero-order chi connectivity index (χ0) is 13.4. The predicted octanol–water partition coefficient (Wildman–Crippen LogP) is 3.27. The Bertz CT molecular complexity index is 652. The van der Waals surface area contributed by atoms with Crippen LogP contribution in [0.3, 0.4) is 0 Å². The molecule has 1 heterocycles. The van der Waals surface area contributed by atoms with Crippen molar-refractivity contribution in [1.82, 2.24) is 0 Å². The molecule has 1 aliphatic rings. The van der Waals surface area contributed by atoms with Gasteiger partial charge in [-0.15, -0.1) is 0 Å². The van der Waals surface area contributed by atoms with Crippen LogP contribution < -0.4 is 0 Å². The zero-order valence-electron chi connectivity index (χ0n) is 9.31. The second-order valence-corrected chi connectivity index (χ2v) is 5.48. The zero-order valence-corrected chi connectivity index (χ0v) is 10.1. The van der Waals surface area contributed by atoms with Crippen LogP contribution in [0.1, 0.15) is 5.56 Å². The number of aryl methyl sites for hydroxylation is 1. The molecular weight excluding hydrogens is 265 g/mol. The Hall–Kier alpha value is -1.63. The van der Waals surface area contributed by atoms with E-state index in [4.69, 9.17) is 0 Å². The number of rotatable bonds is 1. The number of allylic oxidation sites excluding steroid dienone is 1. The molecule has 0 saturated carbocycles. The fourth-order valence-corrected chi connectivity index (χ4v) is 3.14. The summed E-state index contributed by atoms with van der Waals surface area (Å²) >= 11 is 0. The van der Waals surface area contributed by atoms with Crippen molar-refractivity contribution in [2.75, 3.05) is 0 Å². The normalized spacial score (nSPS) is 23.4. The van der Waals surface area contributed by atoms with Crippen molar-refractivity contribution in [2.24, 2.45) is 8.76 Å². The van der Waals surface area contributed by atoms with Gasteiger partial charge >= 0.3 is 6.18 Å². The molecule has 0 fully saturated rings. The van der Waals surface area contributed by atoms with Gasteiger partial charge in [-0.25, -0.2) is 4.21 Å². The molecule has 0 N–H and O–H groups in total. The van der Waals surface area contributed by atoms with E-state index < -0.39 is 21.8 Å². The van der Waals surface area contributed by atoms with Crippen molar-refractivity contribution in [3.8, 4) is 0 Å². The Morgan fingerprint density at radius 2 is 1.89 bits per heavy atom. The molecule has 1 aliphatic heterocycles. The van der Waals surface area contributed by atoms with E-state index in [1.165, 1.54) is 6.07 Å². The van der Waals surface area contributed by atoms with Gasteiger partial charge in [0.05, 0.1) is 4.90 Å². The SMILES string of the molecule is Cc1ccccc1S1(=O)=NC=CC(C(F)(F)F)=N1. The largest absolute Gasteiger partial charge is 0.434 e. The lowest BCUT2D eigenvalue weighted by Crippen LogP contribution is -2.23. The smallest absolute Gasteiger partial charge is 0.221 e. The molecule has 0 saturated heterocycles. The highest BCUT2D eigenvalue weighted by Crippen LogP contribution is 2.27. The summed E-state index contributed by atoms with van der Waals surface area (Å²) in [6.07, 6.45) is -3.02. The maximum atomic E-state index is 12.6. The second-order valence-electron chi connectivity index (χ2n) is 3.66. The third-order valence-electron chi connectivity index (χ3n) is 2.33. The number of hydrogen-bond donors (Lipinski definition) is 0. The molecule has 1 unspecified atom stereocenters. The minimum atomic E-state index is -4.63.